The first-order valence-electron chi connectivity index (χ1n) is 8.99. The van der Waals surface area contributed by atoms with Gasteiger partial charge in [0.15, 0.2) is 0 Å². The number of hydrogen-bond acceptors (Lipinski definition) is 4. The molecule has 1 aromatic carbocycles. The largest absolute Gasteiger partial charge is 0.350 e. The third kappa shape index (κ3) is 4.23. The lowest BCUT2D eigenvalue weighted by Gasteiger charge is -2.14. The van der Waals surface area contributed by atoms with Crippen molar-refractivity contribution < 1.29 is 22.8 Å². The van der Waals surface area contributed by atoms with Crippen molar-refractivity contribution >= 4 is 32.3 Å². The molecule has 0 aliphatic heterocycles. The molecule has 0 bridgehead atoms. The van der Waals surface area contributed by atoms with Gasteiger partial charge in [0.2, 0.25) is 10.3 Å². The lowest BCUT2D eigenvalue weighted by molar-refractivity contribution is -0.0372. The number of rotatable bonds is 4. The number of urea groups is 1. The van der Waals surface area contributed by atoms with Crippen LogP contribution in [0.15, 0.2) is 53.6 Å². The normalized spacial score (nSPS) is 19.4. The molecule has 8 heteroatoms. The summed E-state index contributed by atoms with van der Waals surface area (Å²) in [7, 11) is -2.37. The van der Waals surface area contributed by atoms with E-state index in [1.54, 1.807) is 12.1 Å². The first-order valence-corrected chi connectivity index (χ1v) is 10.1. The van der Waals surface area contributed by atoms with Crippen LogP contribution in [0.3, 0.4) is 0 Å². The third-order valence-corrected chi connectivity index (χ3v) is 5.86. The van der Waals surface area contributed by atoms with Gasteiger partial charge in [-0.15, -0.1) is 0 Å². The van der Waals surface area contributed by atoms with Gasteiger partial charge < -0.3 is 5.73 Å². The number of carbonyl (C=O) groups is 1. The Morgan fingerprint density at radius 1 is 1.31 bits per heavy atom. The number of primary amides is 1. The first-order chi connectivity index (χ1) is 13.7. The van der Waals surface area contributed by atoms with Crippen molar-refractivity contribution in [3.63, 3.8) is 0 Å². The van der Waals surface area contributed by atoms with Crippen LogP contribution in [0.2, 0.25) is 0 Å². The maximum atomic E-state index is 13.9. The molecule has 2 aliphatic carbocycles. The Morgan fingerprint density at radius 3 is 2.69 bits per heavy atom. The Balaban J connectivity index is 2.07. The van der Waals surface area contributed by atoms with Gasteiger partial charge >= 0.3 is 6.03 Å². The molecule has 1 aromatic rings. The lowest BCUT2D eigenvalue weighted by atomic mass is 9.92. The molecular formula is C21H21FN2O4S. The third-order valence-electron chi connectivity index (χ3n) is 5.09. The summed E-state index contributed by atoms with van der Waals surface area (Å²) in [6.07, 6.45) is 7.40. The summed E-state index contributed by atoms with van der Waals surface area (Å²) in [6, 6.07) is 3.43. The fourth-order valence-electron chi connectivity index (χ4n) is 3.63. The number of hydrogen-bond donors (Lipinski definition) is 2. The molecule has 0 fully saturated rings. The van der Waals surface area contributed by atoms with E-state index >= 15 is 0 Å². The molecule has 6 nitrogen and oxygen atoms in total. The smallest absolute Gasteiger partial charge is 0.338 e. The topological polar surface area (TPSA) is 101 Å². The molecule has 1 unspecified atom stereocenters. The number of allylic oxidation sites excluding steroid dienone is 7. The lowest BCUT2D eigenvalue weighted by Crippen LogP contribution is -2.33. The summed E-state index contributed by atoms with van der Waals surface area (Å²) in [4.78, 5) is 11.3. The quantitative estimate of drug-likeness (QED) is 0.447. The van der Waals surface area contributed by atoms with Crippen LogP contribution in [0.1, 0.15) is 31.4 Å². The predicted molar refractivity (Wildman–Crippen MR) is 110 cm³/mol. The van der Waals surface area contributed by atoms with Gasteiger partial charge in [-0.2, -0.15) is 8.42 Å². The fourth-order valence-corrected chi connectivity index (χ4v) is 4.28. The molecule has 0 radical (unpaired) electrons. The van der Waals surface area contributed by atoms with Crippen LogP contribution in [-0.2, 0) is 10.3 Å². The number of nitrogens with two attached hydrogens (primary N) is 1. The van der Waals surface area contributed by atoms with E-state index in [0.29, 0.717) is 10.6 Å². The highest BCUT2D eigenvalue weighted by Crippen LogP contribution is 2.43. The van der Waals surface area contributed by atoms with E-state index in [0.717, 1.165) is 27.9 Å². The van der Waals surface area contributed by atoms with Crippen LogP contribution in [-0.4, -0.2) is 36.1 Å². The molecular weight excluding hydrogens is 395 g/mol. The van der Waals surface area contributed by atoms with Crippen LogP contribution in [0.4, 0.5) is 9.18 Å². The number of halogens is 1. The van der Waals surface area contributed by atoms with Crippen LogP contribution in [0, 0.1) is 11.7 Å². The molecule has 3 rings (SSSR count). The Kier molecular flexibility index (Phi) is 5.86. The van der Waals surface area contributed by atoms with Crippen molar-refractivity contribution in [2.45, 2.75) is 20.3 Å². The maximum absolute atomic E-state index is 13.9. The molecule has 2 aliphatic rings. The minimum Gasteiger partial charge on any atom is -0.350 e. The SMILES string of the molecule is CC1=CC(=S(=O)=O)C(C=C2C(C)=C(CCN(O)C(N)=O)c3cc(F)ccc32)C=C1. The van der Waals surface area contributed by atoms with Crippen molar-refractivity contribution in [1.29, 1.82) is 0 Å². The maximum Gasteiger partial charge on any atom is 0.338 e. The summed E-state index contributed by atoms with van der Waals surface area (Å²) in [5.74, 6) is -0.853. The van der Waals surface area contributed by atoms with Crippen LogP contribution in [0.5, 0.6) is 0 Å². The zero-order valence-corrected chi connectivity index (χ0v) is 16.8. The standard InChI is InChI=1S/C21H21FN2O4S/c1-12-3-4-14(20(9-12)29(27)28)10-18-13(2)16(7-8-24(26)21(23)25)19-11-15(22)5-6-17(18)19/h3-6,9-11,14,26H,7-8H2,1-2H3,(H2,23,25). The highest BCUT2D eigenvalue weighted by Gasteiger charge is 2.26. The van der Waals surface area contributed by atoms with E-state index in [2.05, 4.69) is 0 Å². The molecule has 152 valence electrons. The zero-order valence-electron chi connectivity index (χ0n) is 16.0. The fraction of sp³-hybridized carbons (Fsp3) is 0.238. The molecule has 29 heavy (non-hydrogen) atoms. The van der Waals surface area contributed by atoms with Gasteiger partial charge in [0.05, 0.1) is 11.4 Å². The van der Waals surface area contributed by atoms with Gasteiger partial charge in [-0.3, -0.25) is 5.21 Å². The van der Waals surface area contributed by atoms with Crippen molar-refractivity contribution in [2.75, 3.05) is 6.54 Å². The Morgan fingerprint density at radius 2 is 2.03 bits per heavy atom. The minimum atomic E-state index is -2.37. The van der Waals surface area contributed by atoms with E-state index < -0.39 is 28.1 Å². The molecule has 0 aromatic heterocycles. The highest BCUT2D eigenvalue weighted by atomic mass is 32.2. The van der Waals surface area contributed by atoms with Crippen molar-refractivity contribution in [2.24, 2.45) is 11.7 Å². The van der Waals surface area contributed by atoms with E-state index in [-0.39, 0.29) is 17.8 Å². The average Bonchev–Trinajstić information content (AvgIpc) is 2.91. The van der Waals surface area contributed by atoms with E-state index in [4.69, 9.17) is 5.73 Å². The van der Waals surface area contributed by atoms with Crippen LogP contribution < -0.4 is 5.73 Å². The predicted octanol–water partition coefficient (Wildman–Crippen LogP) is 3.34. The van der Waals surface area contributed by atoms with E-state index in [1.807, 2.05) is 32.1 Å². The van der Waals surface area contributed by atoms with Gasteiger partial charge in [-0.25, -0.2) is 14.2 Å². The second-order valence-corrected chi connectivity index (χ2v) is 7.94. The van der Waals surface area contributed by atoms with Gasteiger partial charge in [0, 0.05) is 5.92 Å². The molecule has 0 saturated heterocycles. The number of benzene rings is 1. The Hall–Kier alpha value is -2.97. The molecule has 3 N–H and O–H groups in total. The number of fused-ring (bicyclic) bond motifs is 1. The molecule has 1 atom stereocenters. The first kappa shape index (κ1) is 20.8. The molecule has 2 amide bonds. The monoisotopic (exact) mass is 416 g/mol. The number of amides is 2. The number of carbonyl (C=O) groups excluding carboxylic acids is 1. The van der Waals surface area contributed by atoms with Crippen molar-refractivity contribution in [1.82, 2.24) is 5.06 Å². The number of hydroxylamine groups is 2. The Bertz CT molecular complexity index is 1140. The average molecular weight is 416 g/mol. The Labute approximate surface area is 169 Å². The molecule has 0 heterocycles. The summed E-state index contributed by atoms with van der Waals surface area (Å²) >= 11 is 0. The van der Waals surface area contributed by atoms with E-state index in [1.165, 1.54) is 12.1 Å². The summed E-state index contributed by atoms with van der Waals surface area (Å²) in [5.41, 5.74) is 9.72. The van der Waals surface area contributed by atoms with Gasteiger partial charge in [0.25, 0.3) is 0 Å². The van der Waals surface area contributed by atoms with Crippen molar-refractivity contribution in [3.05, 3.63) is 70.6 Å². The number of nitrogens with zero attached hydrogens (tertiary/aromatic N) is 1. The minimum absolute atomic E-state index is 0.0432. The zero-order chi connectivity index (χ0) is 21.3. The van der Waals surface area contributed by atoms with E-state index in [9.17, 15) is 22.8 Å². The second kappa shape index (κ2) is 8.18. The highest BCUT2D eigenvalue weighted by molar-refractivity contribution is 7.73. The summed E-state index contributed by atoms with van der Waals surface area (Å²) in [5, 5.41) is 9.99. The van der Waals surface area contributed by atoms with Crippen LogP contribution in [0.25, 0.3) is 11.1 Å². The summed E-state index contributed by atoms with van der Waals surface area (Å²) < 4.78 is 37.3. The van der Waals surface area contributed by atoms with Gasteiger partial charge in [0.1, 0.15) is 5.82 Å². The van der Waals surface area contributed by atoms with Crippen molar-refractivity contribution in [3.8, 4) is 0 Å². The van der Waals surface area contributed by atoms with Gasteiger partial charge in [-0.1, -0.05) is 29.9 Å². The molecule has 0 saturated carbocycles. The van der Waals surface area contributed by atoms with Crippen LogP contribution >= 0.6 is 0 Å². The molecule has 0 spiro atoms. The summed E-state index contributed by atoms with van der Waals surface area (Å²) in [6.45, 7) is 3.63. The second-order valence-electron chi connectivity index (χ2n) is 7.00. The van der Waals surface area contributed by atoms with Gasteiger partial charge in [-0.05, 0) is 66.3 Å².